The van der Waals surface area contributed by atoms with Crippen molar-refractivity contribution in [1.82, 2.24) is 19.9 Å². The number of hydrogen-bond acceptors (Lipinski definition) is 6. The second kappa shape index (κ2) is 9.30. The van der Waals surface area contributed by atoms with Crippen LogP contribution in [0, 0.1) is 17.2 Å². The number of aliphatic hydroxyl groups excluding tert-OH is 1. The fraction of sp³-hybridized carbons (Fsp3) is 0.444. The van der Waals surface area contributed by atoms with Crippen LogP contribution in [0.1, 0.15) is 55.2 Å². The lowest BCUT2D eigenvalue weighted by Gasteiger charge is -2.39. The van der Waals surface area contributed by atoms with E-state index in [1.54, 1.807) is 23.7 Å². The molecule has 0 bridgehead atoms. The highest BCUT2D eigenvalue weighted by Gasteiger charge is 2.35. The van der Waals surface area contributed by atoms with Crippen LogP contribution >= 0.6 is 0 Å². The molecule has 0 spiro atoms. The van der Waals surface area contributed by atoms with Crippen LogP contribution in [0.5, 0.6) is 0 Å². The first-order valence-corrected chi connectivity index (χ1v) is 12.1. The van der Waals surface area contributed by atoms with Crippen LogP contribution < -0.4 is 0 Å². The van der Waals surface area contributed by atoms with E-state index in [-0.39, 0.29) is 12.5 Å². The van der Waals surface area contributed by atoms with Crippen molar-refractivity contribution in [1.29, 1.82) is 5.26 Å². The Hall–Kier alpha value is -3.05. The standard InChI is InChI=1S/C27H31N5O2/c1-27(34,18-33)23-3-2-12-31(16-23)15-22-9-8-21(13-25(22)20-6-7-20)26-17-32(30-29-26)24-10-4-19(14-28)5-11-24/h4-5,8-11,13,17,20,23,33-34H,2-3,6-7,12,15-16,18H2,1H3/t23-,27+/m0/s1. The lowest BCUT2D eigenvalue weighted by molar-refractivity contribution is -0.0697. The van der Waals surface area contributed by atoms with Gasteiger partial charge in [-0.05, 0) is 86.5 Å². The van der Waals surface area contributed by atoms with Gasteiger partial charge in [-0.25, -0.2) is 4.68 Å². The number of hydrogen-bond donors (Lipinski definition) is 2. The molecule has 2 heterocycles. The minimum atomic E-state index is -1.03. The maximum absolute atomic E-state index is 10.6. The number of nitriles is 1. The molecule has 1 saturated carbocycles. The maximum atomic E-state index is 10.6. The number of nitrogens with zero attached hydrogens (tertiary/aromatic N) is 5. The first-order valence-electron chi connectivity index (χ1n) is 12.1. The molecular formula is C27H31N5O2. The monoisotopic (exact) mass is 457 g/mol. The smallest absolute Gasteiger partial charge is 0.113 e. The van der Waals surface area contributed by atoms with Gasteiger partial charge in [0.05, 0.1) is 35.7 Å². The topological polar surface area (TPSA) is 98.2 Å². The van der Waals surface area contributed by atoms with Gasteiger partial charge in [0.1, 0.15) is 5.69 Å². The molecule has 1 saturated heterocycles. The minimum Gasteiger partial charge on any atom is -0.393 e. The predicted octanol–water partition coefficient (Wildman–Crippen LogP) is 3.64. The lowest BCUT2D eigenvalue weighted by atomic mass is 9.83. The summed E-state index contributed by atoms with van der Waals surface area (Å²) in [6, 6.07) is 16.0. The molecule has 2 fully saturated rings. The largest absolute Gasteiger partial charge is 0.393 e. The van der Waals surface area contributed by atoms with Gasteiger partial charge in [-0.3, -0.25) is 4.90 Å². The molecule has 5 rings (SSSR count). The van der Waals surface area contributed by atoms with Crippen LogP contribution in [-0.2, 0) is 6.54 Å². The third-order valence-electron chi connectivity index (χ3n) is 7.31. The molecule has 0 radical (unpaired) electrons. The molecule has 0 unspecified atom stereocenters. The molecule has 2 N–H and O–H groups in total. The van der Waals surface area contributed by atoms with Crippen LogP contribution in [0.15, 0.2) is 48.7 Å². The quantitative estimate of drug-likeness (QED) is 0.562. The number of rotatable bonds is 7. The average molecular weight is 458 g/mol. The fourth-order valence-electron chi connectivity index (χ4n) is 4.96. The number of aliphatic hydroxyl groups is 2. The van der Waals surface area contributed by atoms with Gasteiger partial charge in [0, 0.05) is 24.6 Å². The molecule has 176 valence electrons. The zero-order valence-corrected chi connectivity index (χ0v) is 19.6. The third kappa shape index (κ3) is 4.76. The van der Waals surface area contributed by atoms with Crippen molar-refractivity contribution in [2.45, 2.75) is 50.7 Å². The second-order valence-corrected chi connectivity index (χ2v) is 9.98. The van der Waals surface area contributed by atoms with Crippen LogP contribution in [0.4, 0.5) is 0 Å². The van der Waals surface area contributed by atoms with E-state index in [0.717, 1.165) is 49.4 Å². The Labute approximate surface area is 200 Å². The van der Waals surface area contributed by atoms with Crippen LogP contribution in [0.3, 0.4) is 0 Å². The summed E-state index contributed by atoms with van der Waals surface area (Å²) in [6.45, 7) is 4.23. The van der Waals surface area contributed by atoms with Gasteiger partial charge in [-0.1, -0.05) is 17.3 Å². The summed E-state index contributed by atoms with van der Waals surface area (Å²) >= 11 is 0. The summed E-state index contributed by atoms with van der Waals surface area (Å²) in [5.74, 6) is 0.692. The van der Waals surface area contributed by atoms with E-state index >= 15 is 0 Å². The summed E-state index contributed by atoms with van der Waals surface area (Å²) in [6.07, 6.45) is 6.36. The summed E-state index contributed by atoms with van der Waals surface area (Å²) in [7, 11) is 0. The predicted molar refractivity (Wildman–Crippen MR) is 129 cm³/mol. The number of benzene rings is 2. The van der Waals surface area contributed by atoms with Gasteiger partial charge in [-0.15, -0.1) is 5.10 Å². The third-order valence-corrected chi connectivity index (χ3v) is 7.31. The van der Waals surface area contributed by atoms with Gasteiger partial charge in [0.15, 0.2) is 0 Å². The van der Waals surface area contributed by atoms with Crippen molar-refractivity contribution < 1.29 is 10.2 Å². The zero-order valence-electron chi connectivity index (χ0n) is 19.6. The number of likely N-dealkylation sites (tertiary alicyclic amines) is 1. The van der Waals surface area contributed by atoms with Gasteiger partial charge < -0.3 is 10.2 Å². The fourth-order valence-corrected chi connectivity index (χ4v) is 4.96. The molecule has 2 atom stereocenters. The highest BCUT2D eigenvalue weighted by molar-refractivity contribution is 5.61. The number of aromatic nitrogens is 3. The molecule has 3 aromatic rings. The first-order chi connectivity index (χ1) is 16.5. The van der Waals surface area contributed by atoms with Gasteiger partial charge in [-0.2, -0.15) is 5.26 Å². The van der Waals surface area contributed by atoms with Crippen molar-refractivity contribution in [3.63, 3.8) is 0 Å². The molecule has 7 nitrogen and oxygen atoms in total. The first kappa shape index (κ1) is 22.7. The molecule has 2 aliphatic rings. The van der Waals surface area contributed by atoms with Gasteiger partial charge >= 0.3 is 0 Å². The van der Waals surface area contributed by atoms with Crippen LogP contribution in [0.25, 0.3) is 16.9 Å². The molecule has 2 aromatic carbocycles. The van der Waals surface area contributed by atoms with E-state index in [0.29, 0.717) is 11.5 Å². The Balaban J connectivity index is 1.35. The summed E-state index contributed by atoms with van der Waals surface area (Å²) in [4.78, 5) is 2.42. The Morgan fingerprint density at radius 3 is 2.65 bits per heavy atom. The molecular weight excluding hydrogens is 426 g/mol. The van der Waals surface area contributed by atoms with Gasteiger partial charge in [0.25, 0.3) is 0 Å². The summed E-state index contributed by atoms with van der Waals surface area (Å²) in [5, 5.41) is 37.8. The molecule has 1 aliphatic heterocycles. The highest BCUT2D eigenvalue weighted by Crippen LogP contribution is 2.43. The second-order valence-electron chi connectivity index (χ2n) is 9.98. The molecule has 7 heteroatoms. The van der Waals surface area contributed by atoms with Gasteiger partial charge in [0.2, 0.25) is 0 Å². The average Bonchev–Trinajstić information content (AvgIpc) is 3.60. The summed E-state index contributed by atoms with van der Waals surface area (Å²) < 4.78 is 1.74. The molecule has 1 aliphatic carbocycles. The Morgan fingerprint density at radius 1 is 1.15 bits per heavy atom. The summed E-state index contributed by atoms with van der Waals surface area (Å²) in [5.41, 5.74) is 5.09. The normalized spacial score (nSPS) is 20.6. The minimum absolute atomic E-state index is 0.0900. The molecule has 1 aromatic heterocycles. The van der Waals surface area contributed by atoms with Crippen molar-refractivity contribution in [3.8, 4) is 23.0 Å². The maximum Gasteiger partial charge on any atom is 0.113 e. The van der Waals surface area contributed by atoms with Crippen molar-refractivity contribution >= 4 is 0 Å². The number of piperidine rings is 1. The van der Waals surface area contributed by atoms with Crippen molar-refractivity contribution in [3.05, 3.63) is 65.4 Å². The van der Waals surface area contributed by atoms with E-state index in [9.17, 15) is 10.2 Å². The van der Waals surface area contributed by atoms with Crippen LogP contribution in [0.2, 0.25) is 0 Å². The van der Waals surface area contributed by atoms with Crippen molar-refractivity contribution in [2.75, 3.05) is 19.7 Å². The Bertz CT molecular complexity index is 1190. The Morgan fingerprint density at radius 2 is 1.94 bits per heavy atom. The van der Waals surface area contributed by atoms with E-state index in [4.69, 9.17) is 5.26 Å². The SMILES string of the molecule is C[C@@](O)(CO)[C@H]1CCCN(Cc2ccc(-c3cn(-c4ccc(C#N)cc4)nn3)cc2C2CC2)C1. The Kier molecular flexibility index (Phi) is 6.22. The van der Waals surface area contributed by atoms with E-state index < -0.39 is 5.60 Å². The lowest BCUT2D eigenvalue weighted by Crippen LogP contribution is -2.47. The molecule has 0 amide bonds. The van der Waals surface area contributed by atoms with E-state index in [1.165, 1.54) is 24.0 Å². The zero-order chi connectivity index (χ0) is 23.7. The highest BCUT2D eigenvalue weighted by atomic mass is 16.3. The molecule has 34 heavy (non-hydrogen) atoms. The van der Waals surface area contributed by atoms with Crippen LogP contribution in [-0.4, -0.2) is 55.4 Å². The van der Waals surface area contributed by atoms with Crippen molar-refractivity contribution in [2.24, 2.45) is 5.92 Å². The van der Waals surface area contributed by atoms with E-state index in [1.807, 2.05) is 18.3 Å². The van der Waals surface area contributed by atoms with E-state index in [2.05, 4.69) is 39.5 Å².